The highest BCUT2D eigenvalue weighted by atomic mass is 16.5. The van der Waals surface area contributed by atoms with Crippen LogP contribution in [0.1, 0.15) is 12.8 Å². The van der Waals surface area contributed by atoms with Crippen LogP contribution < -0.4 is 14.7 Å². The number of ether oxygens (including phenoxy) is 1. The number of para-hydroxylation sites is 2. The van der Waals surface area contributed by atoms with Crippen molar-refractivity contribution >= 4 is 39.5 Å². The minimum absolute atomic E-state index is 0.159. The first-order chi connectivity index (χ1) is 16.1. The smallest absolute Gasteiger partial charge is 0.362 e. The number of azo groups is 1. The second-order valence-electron chi connectivity index (χ2n) is 8.31. The molecule has 33 heavy (non-hydrogen) atoms. The van der Waals surface area contributed by atoms with Gasteiger partial charge in [0.2, 0.25) is 5.70 Å². The van der Waals surface area contributed by atoms with Gasteiger partial charge in [-0.25, -0.2) is 4.79 Å². The number of methoxy groups -OCH3 is 1. The first-order valence-corrected chi connectivity index (χ1v) is 11.2. The van der Waals surface area contributed by atoms with Crippen molar-refractivity contribution in [3.63, 3.8) is 0 Å². The van der Waals surface area contributed by atoms with Crippen molar-refractivity contribution in [1.29, 1.82) is 0 Å². The maximum absolute atomic E-state index is 12.8. The first kappa shape index (κ1) is 21.0. The first-order valence-electron chi connectivity index (χ1n) is 11.2. The number of carbonyl (C=O) groups excluding carboxylic acids is 1. The fourth-order valence-electron chi connectivity index (χ4n) is 4.77. The molecule has 0 bridgehead atoms. The average Bonchev–Trinajstić information content (AvgIpc) is 3.47. The van der Waals surface area contributed by atoms with E-state index in [1.165, 1.54) is 25.6 Å². The summed E-state index contributed by atoms with van der Waals surface area (Å²) in [5, 5.41) is 11.1. The van der Waals surface area contributed by atoms with Crippen LogP contribution in [0.25, 0.3) is 10.8 Å². The lowest BCUT2D eigenvalue weighted by Crippen LogP contribution is -2.26. The third-order valence-electron chi connectivity index (χ3n) is 6.41. The summed E-state index contributed by atoms with van der Waals surface area (Å²) in [5.41, 5.74) is 4.08. The third-order valence-corrected chi connectivity index (χ3v) is 6.41. The second-order valence-corrected chi connectivity index (χ2v) is 8.31. The monoisotopic (exact) mass is 441 g/mol. The molecule has 3 aromatic carbocycles. The number of hydrogen-bond donors (Lipinski definition) is 0. The summed E-state index contributed by atoms with van der Waals surface area (Å²) in [6, 6.07) is 20.3. The van der Waals surface area contributed by atoms with Crippen LogP contribution in [-0.2, 0) is 9.53 Å². The van der Waals surface area contributed by atoms with E-state index in [0.717, 1.165) is 40.9 Å². The molecule has 2 heterocycles. The van der Waals surface area contributed by atoms with Gasteiger partial charge in [-0.05, 0) is 37.1 Å². The van der Waals surface area contributed by atoms with Crippen molar-refractivity contribution in [3.8, 4) is 0 Å². The Kier molecular flexibility index (Phi) is 5.46. The Morgan fingerprint density at radius 3 is 2.06 bits per heavy atom. The van der Waals surface area contributed by atoms with E-state index in [4.69, 9.17) is 4.74 Å². The number of fused-ring (bicyclic) bond motifs is 2. The molecule has 0 unspecified atom stereocenters. The van der Waals surface area contributed by atoms with Crippen molar-refractivity contribution < 1.29 is 9.53 Å². The van der Waals surface area contributed by atoms with Crippen LogP contribution in [0, 0.1) is 0 Å². The average molecular weight is 442 g/mol. The van der Waals surface area contributed by atoms with Crippen molar-refractivity contribution in [3.05, 3.63) is 72.2 Å². The summed E-state index contributed by atoms with van der Waals surface area (Å²) >= 11 is 0. The van der Waals surface area contributed by atoms with E-state index < -0.39 is 5.97 Å². The fourth-order valence-corrected chi connectivity index (χ4v) is 4.77. The van der Waals surface area contributed by atoms with E-state index in [9.17, 15) is 4.79 Å². The third kappa shape index (κ3) is 3.59. The van der Waals surface area contributed by atoms with Gasteiger partial charge in [-0.1, -0.05) is 36.4 Å². The molecule has 1 fully saturated rings. The highest BCUT2D eigenvalue weighted by molar-refractivity contribution is 6.01. The number of nitrogens with zero attached hydrogens (tertiary/aromatic N) is 5. The summed E-state index contributed by atoms with van der Waals surface area (Å²) in [4.78, 5) is 19.1. The summed E-state index contributed by atoms with van der Waals surface area (Å²) < 4.78 is 5.07. The predicted octanol–water partition coefficient (Wildman–Crippen LogP) is 5.45. The zero-order valence-corrected chi connectivity index (χ0v) is 19.2. The molecule has 1 saturated heterocycles. The van der Waals surface area contributed by atoms with Gasteiger partial charge in [0, 0.05) is 43.6 Å². The summed E-state index contributed by atoms with van der Waals surface area (Å²) in [7, 11) is 5.19. The van der Waals surface area contributed by atoms with Gasteiger partial charge < -0.3 is 19.4 Å². The van der Waals surface area contributed by atoms with Gasteiger partial charge in [0.05, 0.1) is 24.2 Å². The molecular weight excluding hydrogens is 414 g/mol. The zero-order chi connectivity index (χ0) is 22.9. The zero-order valence-electron chi connectivity index (χ0n) is 19.2. The molecule has 0 amide bonds. The summed E-state index contributed by atoms with van der Waals surface area (Å²) in [6.07, 6.45) is 2.44. The maximum atomic E-state index is 12.8. The van der Waals surface area contributed by atoms with Crippen LogP contribution in [0.2, 0.25) is 0 Å². The van der Waals surface area contributed by atoms with E-state index in [-0.39, 0.29) is 5.70 Å². The molecule has 0 radical (unpaired) electrons. The van der Waals surface area contributed by atoms with Gasteiger partial charge in [-0.2, -0.15) is 0 Å². The molecule has 7 nitrogen and oxygen atoms in total. The van der Waals surface area contributed by atoms with Gasteiger partial charge in [0.1, 0.15) is 5.82 Å². The van der Waals surface area contributed by atoms with Gasteiger partial charge in [0.25, 0.3) is 0 Å². The summed E-state index contributed by atoms with van der Waals surface area (Å²) in [5.74, 6) is 0.100. The topological polar surface area (TPSA) is 60.7 Å². The molecule has 3 aromatic rings. The molecule has 2 aliphatic rings. The van der Waals surface area contributed by atoms with Crippen LogP contribution >= 0.6 is 0 Å². The highest BCUT2D eigenvalue weighted by Crippen LogP contribution is 2.41. The Hall–Kier alpha value is -3.87. The molecule has 7 heteroatoms. The normalized spacial score (nSPS) is 15.6. The Morgan fingerprint density at radius 2 is 1.42 bits per heavy atom. The van der Waals surface area contributed by atoms with E-state index in [2.05, 4.69) is 33.3 Å². The van der Waals surface area contributed by atoms with E-state index in [1.807, 2.05) is 66.4 Å². The number of rotatable bonds is 4. The predicted molar refractivity (Wildman–Crippen MR) is 132 cm³/mol. The Morgan fingerprint density at radius 1 is 0.818 bits per heavy atom. The Labute approximate surface area is 193 Å². The van der Waals surface area contributed by atoms with Crippen molar-refractivity contribution in [2.45, 2.75) is 12.8 Å². The number of benzene rings is 3. The molecule has 0 aliphatic carbocycles. The van der Waals surface area contributed by atoms with Gasteiger partial charge >= 0.3 is 5.97 Å². The number of hydrogen-bond acceptors (Lipinski definition) is 7. The van der Waals surface area contributed by atoms with Gasteiger partial charge in [-0.15, -0.1) is 10.2 Å². The molecule has 0 atom stereocenters. The van der Waals surface area contributed by atoms with Crippen LogP contribution in [-0.4, -0.2) is 40.3 Å². The standard InChI is InChI=1S/C26H27N5O2/c1-29-22-12-6-7-13-23(22)30(2)25(29)24(26(32)33-3)28-27-20-14-15-21(31-16-8-9-17-31)19-11-5-4-10-18(19)20/h4-7,10-15H,8-9,16-17H2,1-3H3. The highest BCUT2D eigenvalue weighted by Gasteiger charge is 2.32. The second kappa shape index (κ2) is 8.58. The quantitative estimate of drug-likeness (QED) is 0.306. The van der Waals surface area contributed by atoms with Crippen molar-refractivity contribution in [1.82, 2.24) is 0 Å². The lowest BCUT2D eigenvalue weighted by atomic mass is 10.1. The minimum Gasteiger partial charge on any atom is -0.464 e. The molecule has 5 rings (SSSR count). The van der Waals surface area contributed by atoms with Crippen LogP contribution in [0.3, 0.4) is 0 Å². The lowest BCUT2D eigenvalue weighted by molar-refractivity contribution is -0.136. The molecule has 0 saturated carbocycles. The molecule has 0 N–H and O–H groups in total. The van der Waals surface area contributed by atoms with E-state index in [0.29, 0.717) is 5.82 Å². The molecule has 0 spiro atoms. The molecule has 0 aromatic heterocycles. The number of esters is 1. The molecule has 168 valence electrons. The number of carbonyl (C=O) groups is 1. The maximum Gasteiger partial charge on any atom is 0.362 e. The fraction of sp³-hybridized carbons (Fsp3) is 0.269. The Balaban J connectivity index is 1.59. The van der Waals surface area contributed by atoms with Crippen molar-refractivity contribution in [2.75, 3.05) is 49.0 Å². The van der Waals surface area contributed by atoms with Crippen LogP contribution in [0.5, 0.6) is 0 Å². The Bertz CT molecular complexity index is 1250. The SMILES string of the molecule is COC(=O)C(N=Nc1ccc(N2CCCC2)c2ccccc12)=C1N(C)c2ccccc2N1C. The van der Waals surface area contributed by atoms with Gasteiger partial charge in [0.15, 0.2) is 0 Å². The molecule has 2 aliphatic heterocycles. The van der Waals surface area contributed by atoms with Crippen molar-refractivity contribution in [2.24, 2.45) is 10.2 Å². The van der Waals surface area contributed by atoms with Gasteiger partial charge in [-0.3, -0.25) is 0 Å². The lowest BCUT2D eigenvalue weighted by Gasteiger charge is -2.20. The summed E-state index contributed by atoms with van der Waals surface area (Å²) in [6.45, 7) is 2.14. The van der Waals surface area contributed by atoms with E-state index in [1.54, 1.807) is 0 Å². The van der Waals surface area contributed by atoms with E-state index >= 15 is 0 Å². The minimum atomic E-state index is -0.529. The van der Waals surface area contributed by atoms with Crippen LogP contribution in [0.4, 0.5) is 22.7 Å². The van der Waals surface area contributed by atoms with Crippen LogP contribution in [0.15, 0.2) is 82.4 Å². The largest absolute Gasteiger partial charge is 0.464 e. The number of anilines is 3. The molecular formula is C26H27N5O2.